The van der Waals surface area contributed by atoms with Crippen molar-refractivity contribution in [2.24, 2.45) is 0 Å². The van der Waals surface area contributed by atoms with Gasteiger partial charge in [0.15, 0.2) is 0 Å². The summed E-state index contributed by atoms with van der Waals surface area (Å²) in [7, 11) is 1.69. The van der Waals surface area contributed by atoms with Crippen LogP contribution in [0.3, 0.4) is 0 Å². The van der Waals surface area contributed by atoms with Gasteiger partial charge >= 0.3 is 5.97 Å². The second kappa shape index (κ2) is 6.56. The SMILES string of the molecule is CN(C(=O)c1ccc(Br)cn1)C1(CC(=O)O)CCCCC1. The first kappa shape index (κ1) is 15.9. The van der Waals surface area contributed by atoms with Crippen LogP contribution in [0.15, 0.2) is 22.8 Å². The van der Waals surface area contributed by atoms with Crippen molar-refractivity contribution in [3.05, 3.63) is 28.5 Å². The molecule has 1 amide bonds. The molecule has 1 fully saturated rings. The number of carbonyl (C=O) groups is 2. The fourth-order valence-electron chi connectivity index (χ4n) is 3.01. The number of aliphatic carboxylic acids is 1. The van der Waals surface area contributed by atoms with Crippen molar-refractivity contribution >= 4 is 27.8 Å². The molecule has 0 atom stereocenters. The van der Waals surface area contributed by atoms with Gasteiger partial charge in [-0.25, -0.2) is 4.98 Å². The lowest BCUT2D eigenvalue weighted by Crippen LogP contribution is -2.52. The quantitative estimate of drug-likeness (QED) is 0.901. The average Bonchev–Trinajstić information content (AvgIpc) is 2.47. The standard InChI is InChI=1S/C15H19BrN2O3/c1-18(14(21)12-6-5-11(16)10-17-12)15(9-13(19)20)7-3-2-4-8-15/h5-6,10H,2-4,7-9H2,1H3,(H,19,20). The molecule has 0 aromatic carbocycles. The summed E-state index contributed by atoms with van der Waals surface area (Å²) < 4.78 is 0.805. The van der Waals surface area contributed by atoms with Gasteiger partial charge in [-0.3, -0.25) is 9.59 Å². The molecule has 0 aliphatic heterocycles. The zero-order chi connectivity index (χ0) is 15.5. The third kappa shape index (κ3) is 3.61. The van der Waals surface area contributed by atoms with Gasteiger partial charge in [-0.05, 0) is 40.9 Å². The number of carboxylic acid groups (broad SMARTS) is 1. The number of carboxylic acids is 1. The molecule has 0 bridgehead atoms. The van der Waals surface area contributed by atoms with Crippen LogP contribution >= 0.6 is 15.9 Å². The lowest BCUT2D eigenvalue weighted by molar-refractivity contribution is -0.140. The first-order valence-electron chi connectivity index (χ1n) is 7.06. The van der Waals surface area contributed by atoms with E-state index in [9.17, 15) is 14.7 Å². The fourth-order valence-corrected chi connectivity index (χ4v) is 3.25. The fraction of sp³-hybridized carbons (Fsp3) is 0.533. The minimum Gasteiger partial charge on any atom is -0.481 e. The Hall–Kier alpha value is -1.43. The zero-order valence-electron chi connectivity index (χ0n) is 12.0. The van der Waals surface area contributed by atoms with Crippen molar-refractivity contribution in [1.82, 2.24) is 9.88 Å². The Morgan fingerprint density at radius 3 is 2.52 bits per heavy atom. The number of pyridine rings is 1. The summed E-state index contributed by atoms with van der Waals surface area (Å²) in [5.74, 6) is -1.08. The van der Waals surface area contributed by atoms with Crippen LogP contribution in [0.5, 0.6) is 0 Å². The molecule has 6 heteroatoms. The highest BCUT2D eigenvalue weighted by molar-refractivity contribution is 9.10. The number of carbonyl (C=O) groups excluding carboxylic acids is 1. The van der Waals surface area contributed by atoms with Crippen LogP contribution in [-0.4, -0.2) is 39.5 Å². The molecule has 114 valence electrons. The number of hydrogen-bond donors (Lipinski definition) is 1. The highest BCUT2D eigenvalue weighted by atomic mass is 79.9. The van der Waals surface area contributed by atoms with Crippen molar-refractivity contribution in [1.29, 1.82) is 0 Å². The van der Waals surface area contributed by atoms with Gasteiger partial charge < -0.3 is 10.0 Å². The van der Waals surface area contributed by atoms with E-state index in [1.165, 1.54) is 0 Å². The van der Waals surface area contributed by atoms with E-state index in [4.69, 9.17) is 0 Å². The highest BCUT2D eigenvalue weighted by Crippen LogP contribution is 2.36. The van der Waals surface area contributed by atoms with Gasteiger partial charge in [0.05, 0.1) is 12.0 Å². The normalized spacial score (nSPS) is 17.2. The molecule has 1 N–H and O–H groups in total. The lowest BCUT2D eigenvalue weighted by Gasteiger charge is -2.43. The lowest BCUT2D eigenvalue weighted by atomic mass is 9.78. The van der Waals surface area contributed by atoms with Crippen LogP contribution in [0.1, 0.15) is 49.0 Å². The van der Waals surface area contributed by atoms with Gasteiger partial charge in [0.1, 0.15) is 5.69 Å². The summed E-state index contributed by atoms with van der Waals surface area (Å²) >= 11 is 3.29. The summed E-state index contributed by atoms with van der Waals surface area (Å²) in [5.41, 5.74) is -0.244. The maximum Gasteiger partial charge on any atom is 0.305 e. The van der Waals surface area contributed by atoms with Crippen LogP contribution in [0.2, 0.25) is 0 Å². The molecule has 1 aliphatic rings. The molecule has 1 aliphatic carbocycles. The number of halogens is 1. The molecule has 0 radical (unpaired) electrons. The largest absolute Gasteiger partial charge is 0.481 e. The van der Waals surface area contributed by atoms with E-state index in [-0.39, 0.29) is 12.3 Å². The Bertz CT molecular complexity index is 524. The molecule has 2 rings (SSSR count). The minimum atomic E-state index is -0.861. The van der Waals surface area contributed by atoms with Crippen molar-refractivity contribution in [2.45, 2.75) is 44.1 Å². The van der Waals surface area contributed by atoms with E-state index in [0.29, 0.717) is 5.69 Å². The summed E-state index contributed by atoms with van der Waals surface area (Å²) in [6, 6.07) is 3.42. The molecule has 1 heterocycles. The molecule has 5 nitrogen and oxygen atoms in total. The van der Waals surface area contributed by atoms with E-state index in [0.717, 1.165) is 36.6 Å². The van der Waals surface area contributed by atoms with Gasteiger partial charge in [0.25, 0.3) is 5.91 Å². The summed E-state index contributed by atoms with van der Waals surface area (Å²) in [6.07, 6.45) is 6.05. The number of hydrogen-bond acceptors (Lipinski definition) is 3. The Morgan fingerprint density at radius 2 is 2.00 bits per heavy atom. The second-order valence-electron chi connectivity index (χ2n) is 5.58. The molecule has 0 saturated heterocycles. The summed E-state index contributed by atoms with van der Waals surface area (Å²) in [6.45, 7) is 0. The van der Waals surface area contributed by atoms with Gasteiger partial charge in [0.2, 0.25) is 0 Å². The molecule has 1 aromatic rings. The predicted octanol–water partition coefficient (Wildman–Crippen LogP) is 3.09. The third-order valence-electron chi connectivity index (χ3n) is 4.23. The van der Waals surface area contributed by atoms with E-state index < -0.39 is 11.5 Å². The molecule has 1 aromatic heterocycles. The molecule has 1 saturated carbocycles. The first-order chi connectivity index (χ1) is 9.94. The Balaban J connectivity index is 2.24. The van der Waals surface area contributed by atoms with Crippen LogP contribution in [0, 0.1) is 0 Å². The number of aromatic nitrogens is 1. The molecule has 0 unspecified atom stereocenters. The van der Waals surface area contributed by atoms with Crippen LogP contribution in [0.25, 0.3) is 0 Å². The van der Waals surface area contributed by atoms with Gasteiger partial charge in [-0.2, -0.15) is 0 Å². The Kier molecular flexibility index (Phi) is 4.98. The first-order valence-corrected chi connectivity index (χ1v) is 7.85. The average molecular weight is 355 g/mol. The van der Waals surface area contributed by atoms with Crippen LogP contribution in [-0.2, 0) is 4.79 Å². The molecular formula is C15H19BrN2O3. The Morgan fingerprint density at radius 1 is 1.33 bits per heavy atom. The maximum atomic E-state index is 12.6. The van der Waals surface area contributed by atoms with E-state index in [2.05, 4.69) is 20.9 Å². The van der Waals surface area contributed by atoms with E-state index in [1.54, 1.807) is 30.3 Å². The predicted molar refractivity (Wildman–Crippen MR) is 82.1 cm³/mol. The summed E-state index contributed by atoms with van der Waals surface area (Å²) in [5, 5.41) is 9.21. The molecule has 0 spiro atoms. The van der Waals surface area contributed by atoms with Gasteiger partial charge in [-0.1, -0.05) is 19.3 Å². The topological polar surface area (TPSA) is 70.5 Å². The van der Waals surface area contributed by atoms with E-state index in [1.807, 2.05) is 0 Å². The highest BCUT2D eigenvalue weighted by Gasteiger charge is 2.40. The smallest absolute Gasteiger partial charge is 0.305 e. The summed E-state index contributed by atoms with van der Waals surface area (Å²) in [4.78, 5) is 29.5. The monoisotopic (exact) mass is 354 g/mol. The number of nitrogens with zero attached hydrogens (tertiary/aromatic N) is 2. The number of rotatable bonds is 4. The second-order valence-corrected chi connectivity index (χ2v) is 6.50. The third-order valence-corrected chi connectivity index (χ3v) is 4.70. The Labute approximate surface area is 132 Å². The van der Waals surface area contributed by atoms with Crippen molar-refractivity contribution in [3.63, 3.8) is 0 Å². The van der Waals surface area contributed by atoms with Crippen LogP contribution in [0.4, 0.5) is 0 Å². The molecular weight excluding hydrogens is 336 g/mol. The van der Waals surface area contributed by atoms with Gasteiger partial charge in [-0.15, -0.1) is 0 Å². The number of amides is 1. The molecule has 21 heavy (non-hydrogen) atoms. The van der Waals surface area contributed by atoms with Crippen LogP contribution < -0.4 is 0 Å². The maximum absolute atomic E-state index is 12.6. The van der Waals surface area contributed by atoms with E-state index >= 15 is 0 Å². The van der Waals surface area contributed by atoms with Gasteiger partial charge in [0, 0.05) is 17.7 Å². The zero-order valence-corrected chi connectivity index (χ0v) is 13.6. The van der Waals surface area contributed by atoms with Crippen molar-refractivity contribution in [3.8, 4) is 0 Å². The van der Waals surface area contributed by atoms with Crippen molar-refractivity contribution in [2.75, 3.05) is 7.05 Å². The minimum absolute atomic E-state index is 0.00817. The van der Waals surface area contributed by atoms with Crippen molar-refractivity contribution < 1.29 is 14.7 Å².